The minimum absolute atomic E-state index is 0.152. The van der Waals surface area contributed by atoms with Crippen molar-refractivity contribution in [3.63, 3.8) is 0 Å². The Morgan fingerprint density at radius 2 is 1.91 bits per heavy atom. The molecule has 0 atom stereocenters. The first-order valence-corrected chi connectivity index (χ1v) is 7.98. The lowest BCUT2D eigenvalue weighted by Crippen LogP contribution is -2.35. The molecule has 1 aromatic rings. The molecule has 0 radical (unpaired) electrons. The maximum absolute atomic E-state index is 11.6. The largest absolute Gasteiger partial charge is 0.450 e. The lowest BCUT2D eigenvalue weighted by Gasteiger charge is -2.09. The van der Waals surface area contributed by atoms with Gasteiger partial charge < -0.3 is 19.6 Å². The average Bonchev–Trinajstić information content (AvgIpc) is 2.48. The molecule has 0 heterocycles. The quantitative estimate of drug-likeness (QED) is 0.566. The fourth-order valence-corrected chi connectivity index (χ4v) is 2.14. The zero-order valence-electron chi connectivity index (χ0n) is 13.1. The van der Waals surface area contributed by atoms with Gasteiger partial charge in [0.1, 0.15) is 11.5 Å². The molecular formula is C15H22N2O4S. The monoisotopic (exact) mass is 326 g/mol. The number of ether oxygens (including phenoxy) is 1. The molecule has 1 rings (SSSR count). The van der Waals surface area contributed by atoms with Crippen molar-refractivity contribution < 1.29 is 18.5 Å². The number of carbonyl (C=O) groups is 2. The second-order valence-corrected chi connectivity index (χ2v) is 5.23. The molecule has 0 bridgehead atoms. The van der Waals surface area contributed by atoms with E-state index >= 15 is 0 Å². The molecule has 0 unspecified atom stereocenters. The number of nitrogens with one attached hydrogen (secondary N) is 2. The number of alkyl carbamates (subject to hydrolysis) is 1. The van der Waals surface area contributed by atoms with Crippen LogP contribution < -0.4 is 14.8 Å². The molecule has 2 N–H and O–H groups in total. The smallest absolute Gasteiger partial charge is 0.407 e. The summed E-state index contributed by atoms with van der Waals surface area (Å²) in [6, 6.07) is 5.80. The van der Waals surface area contributed by atoms with Gasteiger partial charge in [-0.25, -0.2) is 4.79 Å². The Labute approximate surface area is 135 Å². The third-order valence-electron chi connectivity index (χ3n) is 2.89. The van der Waals surface area contributed by atoms with Crippen LogP contribution in [0.5, 0.6) is 5.75 Å². The van der Waals surface area contributed by atoms with Gasteiger partial charge in [-0.05, 0) is 38.0 Å². The highest BCUT2D eigenvalue weighted by Gasteiger charge is 2.06. The normalized spacial score (nSPS) is 9.95. The van der Waals surface area contributed by atoms with E-state index in [9.17, 15) is 9.59 Å². The zero-order chi connectivity index (χ0) is 16.4. The highest BCUT2D eigenvalue weighted by molar-refractivity contribution is 7.95. The molecule has 0 saturated heterocycles. The predicted molar refractivity (Wildman–Crippen MR) is 87.0 cm³/mol. The lowest BCUT2D eigenvalue weighted by atomic mass is 10.1. The number of rotatable bonds is 8. The molecule has 7 heteroatoms. The fraction of sp³-hybridized carbons (Fsp3) is 0.467. The molecule has 0 spiro atoms. The maximum atomic E-state index is 11.6. The number of hydrogen-bond acceptors (Lipinski definition) is 5. The van der Waals surface area contributed by atoms with Crippen molar-refractivity contribution in [3.8, 4) is 5.75 Å². The molecule has 6 nitrogen and oxygen atoms in total. The van der Waals surface area contributed by atoms with E-state index in [0.29, 0.717) is 19.7 Å². The van der Waals surface area contributed by atoms with E-state index in [2.05, 4.69) is 10.6 Å². The number of aryl methyl sites for hydroxylation is 1. The fourth-order valence-electron chi connectivity index (χ4n) is 1.56. The summed E-state index contributed by atoms with van der Waals surface area (Å²) >= 11 is 1.09. The van der Waals surface area contributed by atoms with Crippen LogP contribution in [0.3, 0.4) is 0 Å². The SMILES string of the molecule is CCOC(=O)NCCNC(=O)CSOc1cccc(C)c1C. The predicted octanol–water partition coefficient (Wildman–Crippen LogP) is 2.19. The van der Waals surface area contributed by atoms with Gasteiger partial charge in [0, 0.05) is 13.1 Å². The van der Waals surface area contributed by atoms with E-state index in [1.807, 2.05) is 32.0 Å². The first kappa shape index (κ1) is 18.2. The van der Waals surface area contributed by atoms with Gasteiger partial charge in [-0.1, -0.05) is 12.1 Å². The number of hydrogen-bond donors (Lipinski definition) is 2. The van der Waals surface area contributed by atoms with Gasteiger partial charge >= 0.3 is 6.09 Å². The molecule has 0 aromatic heterocycles. The van der Waals surface area contributed by atoms with Crippen LogP contribution in [-0.4, -0.2) is 37.4 Å². The summed E-state index contributed by atoms with van der Waals surface area (Å²) in [5.74, 6) is 0.801. The van der Waals surface area contributed by atoms with Crippen LogP contribution in [0.4, 0.5) is 4.79 Å². The summed E-state index contributed by atoms with van der Waals surface area (Å²) < 4.78 is 10.2. The second-order valence-electron chi connectivity index (χ2n) is 4.54. The Hall–Kier alpha value is -1.89. The molecule has 122 valence electrons. The molecule has 0 aliphatic carbocycles. The zero-order valence-corrected chi connectivity index (χ0v) is 13.9. The number of amides is 2. The first-order valence-electron chi connectivity index (χ1n) is 7.07. The summed E-state index contributed by atoms with van der Waals surface area (Å²) in [5, 5.41) is 5.20. The summed E-state index contributed by atoms with van der Waals surface area (Å²) in [7, 11) is 0. The molecule has 0 aliphatic heterocycles. The lowest BCUT2D eigenvalue weighted by molar-refractivity contribution is -0.118. The molecule has 22 heavy (non-hydrogen) atoms. The van der Waals surface area contributed by atoms with E-state index in [1.165, 1.54) is 0 Å². The van der Waals surface area contributed by atoms with Crippen molar-refractivity contribution in [2.24, 2.45) is 0 Å². The third-order valence-corrected chi connectivity index (χ3v) is 3.56. The molecule has 0 saturated carbocycles. The molecule has 0 aliphatic rings. The van der Waals surface area contributed by atoms with Crippen molar-refractivity contribution >= 4 is 24.0 Å². The van der Waals surface area contributed by atoms with Crippen LogP contribution in [0.25, 0.3) is 0 Å². The van der Waals surface area contributed by atoms with E-state index < -0.39 is 6.09 Å². The van der Waals surface area contributed by atoms with Crippen LogP contribution in [0.15, 0.2) is 18.2 Å². The highest BCUT2D eigenvalue weighted by atomic mass is 32.2. The number of benzene rings is 1. The summed E-state index contributed by atoms with van der Waals surface area (Å²) in [4.78, 5) is 22.6. The van der Waals surface area contributed by atoms with Gasteiger partial charge in [-0.15, -0.1) is 0 Å². The molecular weight excluding hydrogens is 304 g/mol. The van der Waals surface area contributed by atoms with Crippen LogP contribution in [0.1, 0.15) is 18.1 Å². The van der Waals surface area contributed by atoms with Gasteiger partial charge in [0.2, 0.25) is 5.91 Å². The first-order chi connectivity index (χ1) is 10.5. The second kappa shape index (κ2) is 9.94. The third kappa shape index (κ3) is 6.71. The summed E-state index contributed by atoms with van der Waals surface area (Å²) in [5.41, 5.74) is 2.21. The van der Waals surface area contributed by atoms with Crippen molar-refractivity contribution in [1.82, 2.24) is 10.6 Å². The van der Waals surface area contributed by atoms with Crippen LogP contribution in [0.2, 0.25) is 0 Å². The van der Waals surface area contributed by atoms with Crippen LogP contribution >= 0.6 is 12.0 Å². The standard InChI is InChI=1S/C15H22N2O4S/c1-4-20-15(19)17-9-8-16-14(18)10-22-21-13-7-5-6-11(2)12(13)3/h5-7H,4,8-10H2,1-3H3,(H,16,18)(H,17,19). The molecule has 0 fully saturated rings. The van der Waals surface area contributed by atoms with Crippen molar-refractivity contribution in [2.45, 2.75) is 20.8 Å². The van der Waals surface area contributed by atoms with Gasteiger partial charge in [-0.3, -0.25) is 4.79 Å². The summed E-state index contributed by atoms with van der Waals surface area (Å²) in [6.45, 7) is 6.72. The van der Waals surface area contributed by atoms with Crippen LogP contribution in [0, 0.1) is 13.8 Å². The van der Waals surface area contributed by atoms with Gasteiger partial charge in [0.25, 0.3) is 0 Å². The Bertz CT molecular complexity index is 508. The van der Waals surface area contributed by atoms with E-state index in [-0.39, 0.29) is 11.7 Å². The van der Waals surface area contributed by atoms with E-state index in [0.717, 1.165) is 28.9 Å². The number of carbonyl (C=O) groups excluding carboxylic acids is 2. The van der Waals surface area contributed by atoms with Gasteiger partial charge in [0.05, 0.1) is 18.6 Å². The average molecular weight is 326 g/mol. The Kier molecular flexibility index (Phi) is 8.21. The van der Waals surface area contributed by atoms with Gasteiger partial charge in [0.15, 0.2) is 0 Å². The minimum Gasteiger partial charge on any atom is -0.450 e. The van der Waals surface area contributed by atoms with Crippen molar-refractivity contribution in [2.75, 3.05) is 25.4 Å². The van der Waals surface area contributed by atoms with Crippen molar-refractivity contribution in [1.29, 1.82) is 0 Å². The van der Waals surface area contributed by atoms with Crippen molar-refractivity contribution in [3.05, 3.63) is 29.3 Å². The van der Waals surface area contributed by atoms with E-state index in [4.69, 9.17) is 8.92 Å². The van der Waals surface area contributed by atoms with E-state index in [1.54, 1.807) is 6.92 Å². The Morgan fingerprint density at radius 1 is 1.18 bits per heavy atom. The highest BCUT2D eigenvalue weighted by Crippen LogP contribution is 2.23. The molecule has 1 aromatic carbocycles. The summed E-state index contributed by atoms with van der Waals surface area (Å²) in [6.07, 6.45) is -0.482. The van der Waals surface area contributed by atoms with Crippen LogP contribution in [-0.2, 0) is 9.53 Å². The minimum atomic E-state index is -0.482. The maximum Gasteiger partial charge on any atom is 0.407 e. The van der Waals surface area contributed by atoms with Gasteiger partial charge in [-0.2, -0.15) is 0 Å². The Balaban J connectivity index is 2.16. The molecule has 2 amide bonds. The Morgan fingerprint density at radius 3 is 2.64 bits per heavy atom. The topological polar surface area (TPSA) is 76.7 Å².